The Morgan fingerprint density at radius 1 is 0.769 bits per heavy atom. The van der Waals surface area contributed by atoms with E-state index >= 15 is 0 Å². The minimum atomic E-state index is -0.699. The van der Waals surface area contributed by atoms with E-state index in [1.165, 1.54) is 0 Å². The number of carbonyl (C=O) groups is 2. The Balaban J connectivity index is 0.000000151. The van der Waals surface area contributed by atoms with Crippen molar-refractivity contribution in [1.82, 2.24) is 0 Å². The number of benzene rings is 2. The molecular formula is C20H19Br2NO3. The summed E-state index contributed by atoms with van der Waals surface area (Å²) in [5, 5.41) is 9.01. The van der Waals surface area contributed by atoms with Gasteiger partial charge in [0.25, 0.3) is 0 Å². The predicted octanol–water partition coefficient (Wildman–Crippen LogP) is 4.53. The van der Waals surface area contributed by atoms with Crippen LogP contribution in [-0.4, -0.2) is 17.0 Å². The van der Waals surface area contributed by atoms with Crippen LogP contribution >= 0.6 is 31.9 Å². The smallest absolute Gasteiger partial charge is 0.314 e. The molecule has 2 fully saturated rings. The molecule has 4 rings (SSSR count). The van der Waals surface area contributed by atoms with Gasteiger partial charge in [-0.3, -0.25) is 9.59 Å². The van der Waals surface area contributed by atoms with Crippen molar-refractivity contribution in [1.29, 1.82) is 0 Å². The van der Waals surface area contributed by atoms with E-state index < -0.39 is 11.4 Å². The first kappa shape index (κ1) is 19.1. The summed E-state index contributed by atoms with van der Waals surface area (Å²) in [4.78, 5) is 22.1. The highest BCUT2D eigenvalue weighted by atomic mass is 79.9. The van der Waals surface area contributed by atoms with Crippen molar-refractivity contribution in [2.75, 3.05) is 0 Å². The fourth-order valence-corrected chi connectivity index (χ4v) is 3.62. The van der Waals surface area contributed by atoms with Gasteiger partial charge in [-0.2, -0.15) is 0 Å². The summed E-state index contributed by atoms with van der Waals surface area (Å²) in [6.45, 7) is 0. The summed E-state index contributed by atoms with van der Waals surface area (Å²) in [5.41, 5.74) is 6.40. The van der Waals surface area contributed by atoms with Crippen LogP contribution in [-0.2, 0) is 20.4 Å². The van der Waals surface area contributed by atoms with E-state index in [1.54, 1.807) is 0 Å². The largest absolute Gasteiger partial charge is 0.481 e. The molecule has 0 saturated heterocycles. The third-order valence-corrected chi connectivity index (χ3v) is 6.23. The molecule has 136 valence electrons. The lowest BCUT2D eigenvalue weighted by Gasteiger charge is -2.10. The van der Waals surface area contributed by atoms with Crippen LogP contribution in [0.15, 0.2) is 57.5 Å². The van der Waals surface area contributed by atoms with Crippen LogP contribution < -0.4 is 5.73 Å². The summed E-state index contributed by atoms with van der Waals surface area (Å²) in [6, 6.07) is 15.3. The molecule has 26 heavy (non-hydrogen) atoms. The van der Waals surface area contributed by atoms with Crippen molar-refractivity contribution in [2.24, 2.45) is 5.73 Å². The van der Waals surface area contributed by atoms with Crippen molar-refractivity contribution in [3.8, 4) is 0 Å². The van der Waals surface area contributed by atoms with Gasteiger partial charge in [-0.05, 0) is 61.1 Å². The van der Waals surface area contributed by atoms with Gasteiger partial charge in [-0.15, -0.1) is 0 Å². The van der Waals surface area contributed by atoms with Crippen molar-refractivity contribution >= 4 is 43.7 Å². The average molecular weight is 481 g/mol. The van der Waals surface area contributed by atoms with Gasteiger partial charge in [0.2, 0.25) is 5.91 Å². The molecule has 0 heterocycles. The number of rotatable bonds is 4. The number of amides is 1. The van der Waals surface area contributed by atoms with E-state index in [1.807, 2.05) is 48.5 Å². The first-order chi connectivity index (χ1) is 12.3. The quantitative estimate of drug-likeness (QED) is 0.674. The van der Waals surface area contributed by atoms with Crippen LogP contribution in [0.3, 0.4) is 0 Å². The minimum Gasteiger partial charge on any atom is -0.481 e. The number of aliphatic carboxylic acids is 1. The average Bonchev–Trinajstić information content (AvgIpc) is 3.50. The highest BCUT2D eigenvalue weighted by Gasteiger charge is 2.51. The first-order valence-electron chi connectivity index (χ1n) is 8.36. The SMILES string of the molecule is NC(=O)C1(c2ccc(Br)cc2)CC1.O=C(O)C1(c2ccc(Br)cc2)CC1. The number of hydrogen-bond acceptors (Lipinski definition) is 2. The zero-order valence-corrected chi connectivity index (χ0v) is 17.2. The Labute approximate surface area is 169 Å². The Morgan fingerprint density at radius 2 is 1.12 bits per heavy atom. The Bertz CT molecular complexity index is 752. The van der Waals surface area contributed by atoms with Crippen molar-refractivity contribution in [3.63, 3.8) is 0 Å². The standard InChI is InChI=1S/C10H10BrNO.C10H9BrO2/c2*11-8-3-1-7(2-4-8)10(5-6-10)9(12)13/h1-4H,5-6H2,(H2,12,13);1-4H,5-6H2,(H,12,13). The molecule has 2 aromatic carbocycles. The number of carbonyl (C=O) groups excluding carboxylic acids is 1. The van der Waals surface area contributed by atoms with Crippen molar-refractivity contribution in [3.05, 3.63) is 68.6 Å². The molecule has 0 unspecified atom stereocenters. The molecule has 1 amide bonds. The molecule has 0 bridgehead atoms. The van der Waals surface area contributed by atoms with E-state index in [4.69, 9.17) is 10.8 Å². The first-order valence-corrected chi connectivity index (χ1v) is 9.94. The van der Waals surface area contributed by atoms with E-state index in [0.29, 0.717) is 0 Å². The number of carboxylic acids is 1. The van der Waals surface area contributed by atoms with Gasteiger partial charge < -0.3 is 10.8 Å². The Hall–Kier alpha value is -1.66. The van der Waals surface area contributed by atoms with Gasteiger partial charge in [0, 0.05) is 8.95 Å². The monoisotopic (exact) mass is 479 g/mol. The molecule has 6 heteroatoms. The number of primary amides is 1. The third-order valence-electron chi connectivity index (χ3n) is 5.17. The molecule has 4 nitrogen and oxygen atoms in total. The third kappa shape index (κ3) is 3.71. The summed E-state index contributed by atoms with van der Waals surface area (Å²) in [5.74, 6) is -0.898. The molecule has 0 spiro atoms. The number of carboxylic acid groups (broad SMARTS) is 1. The number of halogens is 2. The molecule has 0 atom stereocenters. The zero-order valence-electron chi connectivity index (χ0n) is 14.0. The Morgan fingerprint density at radius 3 is 1.38 bits per heavy atom. The second kappa shape index (κ2) is 7.16. The predicted molar refractivity (Wildman–Crippen MR) is 107 cm³/mol. The topological polar surface area (TPSA) is 80.4 Å². The van der Waals surface area contributed by atoms with Crippen LogP contribution in [0.25, 0.3) is 0 Å². The second-order valence-corrected chi connectivity index (χ2v) is 8.68. The van der Waals surface area contributed by atoms with E-state index in [0.717, 1.165) is 45.8 Å². The lowest BCUT2D eigenvalue weighted by atomic mass is 9.96. The maximum Gasteiger partial charge on any atom is 0.314 e. The van der Waals surface area contributed by atoms with Gasteiger partial charge in [0.15, 0.2) is 0 Å². The van der Waals surface area contributed by atoms with Gasteiger partial charge in [-0.1, -0.05) is 56.1 Å². The molecule has 2 aliphatic carbocycles. The van der Waals surface area contributed by atoms with Crippen LogP contribution in [0.2, 0.25) is 0 Å². The maximum absolute atomic E-state index is 11.2. The molecule has 0 aromatic heterocycles. The van der Waals surface area contributed by atoms with Gasteiger partial charge in [0.1, 0.15) is 0 Å². The van der Waals surface area contributed by atoms with Gasteiger partial charge >= 0.3 is 5.97 Å². The summed E-state index contributed by atoms with van der Waals surface area (Å²) in [7, 11) is 0. The Kier molecular flexibility index (Phi) is 5.26. The summed E-state index contributed by atoms with van der Waals surface area (Å²) in [6.07, 6.45) is 3.32. The van der Waals surface area contributed by atoms with E-state index in [9.17, 15) is 9.59 Å². The zero-order chi connectivity index (χ0) is 18.9. The number of hydrogen-bond donors (Lipinski definition) is 2. The van der Waals surface area contributed by atoms with E-state index in [2.05, 4.69) is 31.9 Å². The highest BCUT2D eigenvalue weighted by molar-refractivity contribution is 9.10. The lowest BCUT2D eigenvalue weighted by Crippen LogP contribution is -2.28. The minimum absolute atomic E-state index is 0.199. The molecule has 2 saturated carbocycles. The van der Waals surface area contributed by atoms with Gasteiger partial charge in [0.05, 0.1) is 10.8 Å². The normalized spacial score (nSPS) is 18.2. The molecule has 0 aliphatic heterocycles. The van der Waals surface area contributed by atoms with Crippen molar-refractivity contribution in [2.45, 2.75) is 36.5 Å². The van der Waals surface area contributed by atoms with E-state index in [-0.39, 0.29) is 11.3 Å². The highest BCUT2D eigenvalue weighted by Crippen LogP contribution is 2.49. The second-order valence-electron chi connectivity index (χ2n) is 6.85. The molecule has 3 N–H and O–H groups in total. The van der Waals surface area contributed by atoms with Crippen molar-refractivity contribution < 1.29 is 14.7 Å². The van der Waals surface area contributed by atoms with Crippen LogP contribution in [0.5, 0.6) is 0 Å². The van der Waals surface area contributed by atoms with Gasteiger partial charge in [-0.25, -0.2) is 0 Å². The molecule has 2 aliphatic rings. The summed E-state index contributed by atoms with van der Waals surface area (Å²) >= 11 is 6.68. The molecule has 0 radical (unpaired) electrons. The fourth-order valence-electron chi connectivity index (χ4n) is 3.09. The van der Waals surface area contributed by atoms with Crippen LogP contribution in [0, 0.1) is 0 Å². The summed E-state index contributed by atoms with van der Waals surface area (Å²) < 4.78 is 2.01. The van der Waals surface area contributed by atoms with Crippen LogP contribution in [0.4, 0.5) is 0 Å². The van der Waals surface area contributed by atoms with Crippen LogP contribution in [0.1, 0.15) is 36.8 Å². The fraction of sp³-hybridized carbons (Fsp3) is 0.300. The maximum atomic E-state index is 11.2. The molecule has 2 aromatic rings. The molecular weight excluding hydrogens is 462 g/mol. The number of nitrogens with two attached hydrogens (primary N) is 1. The lowest BCUT2D eigenvalue weighted by molar-refractivity contribution is -0.140.